The van der Waals surface area contributed by atoms with Crippen LogP contribution in [0.4, 0.5) is 0 Å². The van der Waals surface area contributed by atoms with E-state index in [4.69, 9.17) is 5.26 Å². The minimum Gasteiger partial charge on any atom is -0.311 e. The molecule has 0 bridgehead atoms. The van der Waals surface area contributed by atoms with Crippen LogP contribution in [0.25, 0.3) is 11.2 Å². The smallest absolute Gasteiger partial charge is 0.164 e. The lowest BCUT2D eigenvalue weighted by Gasteiger charge is -2.03. The molecule has 0 unspecified atom stereocenters. The SMILES string of the molecule is N#CSc1ncnc2c1ncn2Cc1ccccc1. The number of nitriles is 1. The molecule has 0 aliphatic rings. The summed E-state index contributed by atoms with van der Waals surface area (Å²) in [5, 5.41) is 11.3. The van der Waals surface area contributed by atoms with Crippen molar-refractivity contribution in [2.75, 3.05) is 0 Å². The van der Waals surface area contributed by atoms with Gasteiger partial charge in [-0.1, -0.05) is 30.3 Å². The average molecular weight is 267 g/mol. The van der Waals surface area contributed by atoms with Gasteiger partial charge in [-0.2, -0.15) is 5.26 Å². The van der Waals surface area contributed by atoms with Gasteiger partial charge in [-0.15, -0.1) is 0 Å². The van der Waals surface area contributed by atoms with Crippen molar-refractivity contribution < 1.29 is 0 Å². The first kappa shape index (κ1) is 11.7. The molecule has 0 aliphatic heterocycles. The van der Waals surface area contributed by atoms with Crippen molar-refractivity contribution in [3.05, 3.63) is 48.5 Å². The van der Waals surface area contributed by atoms with E-state index in [1.165, 1.54) is 11.9 Å². The number of aromatic nitrogens is 4. The summed E-state index contributed by atoms with van der Waals surface area (Å²) in [7, 11) is 0. The third-order valence-electron chi connectivity index (χ3n) is 2.71. The van der Waals surface area contributed by atoms with E-state index in [1.807, 2.05) is 28.2 Å². The Balaban J connectivity index is 2.02. The van der Waals surface area contributed by atoms with E-state index in [1.54, 1.807) is 6.33 Å². The van der Waals surface area contributed by atoms with Gasteiger partial charge in [0.2, 0.25) is 0 Å². The van der Waals surface area contributed by atoms with Crippen molar-refractivity contribution in [3.63, 3.8) is 0 Å². The van der Waals surface area contributed by atoms with Gasteiger partial charge < -0.3 is 4.57 Å². The molecule has 6 heteroatoms. The number of nitrogens with zero attached hydrogens (tertiary/aromatic N) is 5. The highest BCUT2D eigenvalue weighted by atomic mass is 32.2. The summed E-state index contributed by atoms with van der Waals surface area (Å²) in [4.78, 5) is 12.6. The van der Waals surface area contributed by atoms with Crippen molar-refractivity contribution in [2.45, 2.75) is 11.6 Å². The summed E-state index contributed by atoms with van der Waals surface area (Å²) in [6.45, 7) is 0.699. The molecule has 0 saturated heterocycles. The summed E-state index contributed by atoms with van der Waals surface area (Å²) in [6, 6.07) is 10.1. The second kappa shape index (κ2) is 5.08. The van der Waals surface area contributed by atoms with E-state index in [-0.39, 0.29) is 0 Å². The van der Waals surface area contributed by atoms with Crippen LogP contribution in [0.1, 0.15) is 5.56 Å². The van der Waals surface area contributed by atoms with Gasteiger partial charge in [0.25, 0.3) is 0 Å². The van der Waals surface area contributed by atoms with Gasteiger partial charge in [0, 0.05) is 11.8 Å². The van der Waals surface area contributed by atoms with Crippen molar-refractivity contribution in [3.8, 4) is 5.40 Å². The van der Waals surface area contributed by atoms with Gasteiger partial charge in [-0.3, -0.25) is 0 Å². The molecule has 5 nitrogen and oxygen atoms in total. The molecule has 3 rings (SSSR count). The van der Waals surface area contributed by atoms with Gasteiger partial charge in [0.05, 0.1) is 12.9 Å². The molecule has 2 aromatic heterocycles. The minimum absolute atomic E-state index is 0.597. The number of rotatable bonds is 3. The van der Waals surface area contributed by atoms with Crippen LogP contribution in [0.3, 0.4) is 0 Å². The number of benzene rings is 1. The number of hydrogen-bond donors (Lipinski definition) is 0. The fraction of sp³-hybridized carbons (Fsp3) is 0.0769. The summed E-state index contributed by atoms with van der Waals surface area (Å²) in [5.41, 5.74) is 2.59. The van der Waals surface area contributed by atoms with Crippen molar-refractivity contribution in [2.24, 2.45) is 0 Å². The first-order valence-corrected chi connectivity index (χ1v) is 6.46. The highest BCUT2D eigenvalue weighted by molar-refractivity contribution is 8.03. The van der Waals surface area contributed by atoms with Gasteiger partial charge in [-0.05, 0) is 5.56 Å². The second-order valence-electron chi connectivity index (χ2n) is 3.90. The minimum atomic E-state index is 0.597. The van der Waals surface area contributed by atoms with Crippen LogP contribution >= 0.6 is 11.8 Å². The topological polar surface area (TPSA) is 67.4 Å². The molecule has 1 aromatic carbocycles. The quantitative estimate of drug-likeness (QED) is 0.414. The molecule has 0 spiro atoms. The lowest BCUT2D eigenvalue weighted by molar-refractivity contribution is 0.812. The van der Waals surface area contributed by atoms with Crippen LogP contribution < -0.4 is 0 Å². The molecule has 2 heterocycles. The van der Waals surface area contributed by atoms with Gasteiger partial charge in [0.1, 0.15) is 22.3 Å². The standard InChI is InChI=1S/C13H9N5S/c14-7-19-13-11-12(15-8-16-13)18(9-17-11)6-10-4-2-1-3-5-10/h1-5,8-9H,6H2. The Bertz CT molecular complexity index is 745. The number of fused-ring (bicyclic) bond motifs is 1. The maximum atomic E-state index is 8.74. The molecule has 0 saturated carbocycles. The molecule has 0 amide bonds. The lowest BCUT2D eigenvalue weighted by Crippen LogP contribution is -1.99. The molecule has 92 valence electrons. The normalized spacial score (nSPS) is 10.5. The molecule has 0 radical (unpaired) electrons. The molecule has 19 heavy (non-hydrogen) atoms. The Kier molecular flexibility index (Phi) is 3.12. The third kappa shape index (κ3) is 2.28. The first-order valence-electron chi connectivity index (χ1n) is 5.64. The van der Waals surface area contributed by atoms with Gasteiger partial charge >= 0.3 is 0 Å². The van der Waals surface area contributed by atoms with Gasteiger partial charge in [-0.25, -0.2) is 15.0 Å². The molecule has 0 atom stereocenters. The average Bonchev–Trinajstić information content (AvgIpc) is 2.85. The largest absolute Gasteiger partial charge is 0.311 e. The zero-order valence-electron chi connectivity index (χ0n) is 9.89. The maximum absolute atomic E-state index is 8.74. The number of thiocyanates is 1. The predicted octanol–water partition coefficient (Wildman–Crippen LogP) is 2.45. The van der Waals surface area contributed by atoms with E-state index in [2.05, 4.69) is 27.1 Å². The third-order valence-corrected chi connectivity index (χ3v) is 3.29. The zero-order valence-corrected chi connectivity index (χ0v) is 10.7. The monoisotopic (exact) mass is 267 g/mol. The molecular formula is C13H9N5S. The highest BCUT2D eigenvalue weighted by Gasteiger charge is 2.10. The van der Waals surface area contributed by atoms with E-state index in [0.29, 0.717) is 17.1 Å². The molecule has 0 fully saturated rings. The van der Waals surface area contributed by atoms with Crippen LogP contribution in [0.2, 0.25) is 0 Å². The van der Waals surface area contributed by atoms with Crippen LogP contribution in [0.5, 0.6) is 0 Å². The first-order chi connectivity index (χ1) is 9.38. The van der Waals surface area contributed by atoms with Crippen LogP contribution in [-0.2, 0) is 6.54 Å². The number of thioether (sulfide) groups is 1. The Morgan fingerprint density at radius 1 is 1.16 bits per heavy atom. The van der Waals surface area contributed by atoms with Crippen LogP contribution in [0.15, 0.2) is 48.0 Å². The van der Waals surface area contributed by atoms with E-state index < -0.39 is 0 Å². The lowest BCUT2D eigenvalue weighted by atomic mass is 10.2. The molecule has 3 aromatic rings. The van der Waals surface area contributed by atoms with E-state index in [0.717, 1.165) is 17.4 Å². The number of imidazole rings is 1. The maximum Gasteiger partial charge on any atom is 0.164 e. The zero-order chi connectivity index (χ0) is 13.1. The summed E-state index contributed by atoms with van der Waals surface area (Å²) in [5.74, 6) is 0. The highest BCUT2D eigenvalue weighted by Crippen LogP contribution is 2.22. The molecule has 0 aliphatic carbocycles. The Hall–Kier alpha value is -2.39. The number of hydrogen-bond acceptors (Lipinski definition) is 5. The van der Waals surface area contributed by atoms with Crippen molar-refractivity contribution >= 4 is 22.9 Å². The fourth-order valence-corrected chi connectivity index (χ4v) is 2.30. The van der Waals surface area contributed by atoms with Crippen molar-refractivity contribution in [1.82, 2.24) is 19.5 Å². The van der Waals surface area contributed by atoms with Crippen molar-refractivity contribution in [1.29, 1.82) is 5.26 Å². The second-order valence-corrected chi connectivity index (χ2v) is 4.68. The molecule has 0 N–H and O–H groups in total. The Morgan fingerprint density at radius 3 is 2.79 bits per heavy atom. The Morgan fingerprint density at radius 2 is 2.00 bits per heavy atom. The summed E-state index contributed by atoms with van der Waals surface area (Å²) < 4.78 is 1.95. The fourth-order valence-electron chi connectivity index (χ4n) is 1.87. The van der Waals surface area contributed by atoms with E-state index >= 15 is 0 Å². The van der Waals surface area contributed by atoms with Gasteiger partial charge in [0.15, 0.2) is 5.65 Å². The Labute approximate surface area is 113 Å². The molecular weight excluding hydrogens is 258 g/mol. The summed E-state index contributed by atoms with van der Waals surface area (Å²) >= 11 is 1.00. The van der Waals surface area contributed by atoms with E-state index in [9.17, 15) is 0 Å². The summed E-state index contributed by atoms with van der Waals surface area (Å²) in [6.07, 6.45) is 3.19. The predicted molar refractivity (Wildman–Crippen MR) is 72.3 cm³/mol. The van der Waals surface area contributed by atoms with Crippen LogP contribution in [0, 0.1) is 10.7 Å². The van der Waals surface area contributed by atoms with Crippen LogP contribution in [-0.4, -0.2) is 19.5 Å².